The van der Waals surface area contributed by atoms with E-state index in [1.54, 1.807) is 16.7 Å². The van der Waals surface area contributed by atoms with E-state index in [-0.39, 0.29) is 29.7 Å². The number of nitrogens with one attached hydrogen (secondary N) is 1. The number of carbonyl (C=O) groups is 2. The van der Waals surface area contributed by atoms with E-state index in [1.807, 2.05) is 66.7 Å². The Labute approximate surface area is 214 Å². The van der Waals surface area contributed by atoms with Crippen molar-refractivity contribution in [2.75, 3.05) is 32.1 Å². The second-order valence-electron chi connectivity index (χ2n) is 10.5. The number of rotatable bonds is 11. The molecule has 7 heteroatoms. The maximum atomic E-state index is 13.1. The molecule has 0 radical (unpaired) electrons. The third-order valence-electron chi connectivity index (χ3n) is 5.78. The van der Waals surface area contributed by atoms with Crippen LogP contribution in [0.25, 0.3) is 16.9 Å². The monoisotopic (exact) mass is 490 g/mol. The standard InChI is InChI=1S/C29H38N4O3/c1-22(20-29(2,3)4)18-28(35)32(16-17-36-5)21-27(34)30-26-19-25(23-12-8-6-9-13-23)31-33(26)24-14-10-7-11-15-24/h6-15,19,22H,16-18,20-21H2,1-5H3,(H,30,34)/t22-/m1/s1. The summed E-state index contributed by atoms with van der Waals surface area (Å²) in [5, 5.41) is 7.72. The second-order valence-corrected chi connectivity index (χ2v) is 10.5. The summed E-state index contributed by atoms with van der Waals surface area (Å²) < 4.78 is 6.91. The van der Waals surface area contributed by atoms with Gasteiger partial charge in [0.2, 0.25) is 11.8 Å². The molecule has 0 aliphatic carbocycles. The first-order valence-electron chi connectivity index (χ1n) is 12.4. The highest BCUT2D eigenvalue weighted by Crippen LogP contribution is 2.27. The van der Waals surface area contributed by atoms with Gasteiger partial charge in [-0.25, -0.2) is 4.68 Å². The first-order valence-corrected chi connectivity index (χ1v) is 12.4. The lowest BCUT2D eigenvalue weighted by Gasteiger charge is -2.26. The van der Waals surface area contributed by atoms with Gasteiger partial charge in [-0.15, -0.1) is 0 Å². The van der Waals surface area contributed by atoms with E-state index in [9.17, 15) is 9.59 Å². The van der Waals surface area contributed by atoms with Crippen molar-refractivity contribution < 1.29 is 14.3 Å². The molecule has 0 aliphatic heterocycles. The minimum atomic E-state index is -0.278. The van der Waals surface area contributed by atoms with Crippen LogP contribution in [0.4, 0.5) is 5.82 Å². The van der Waals surface area contributed by atoms with E-state index in [1.165, 1.54) is 0 Å². The molecule has 0 saturated heterocycles. The Morgan fingerprint density at radius 1 is 1.06 bits per heavy atom. The van der Waals surface area contributed by atoms with E-state index in [0.29, 0.717) is 25.4 Å². The van der Waals surface area contributed by atoms with Crippen molar-refractivity contribution in [3.63, 3.8) is 0 Å². The van der Waals surface area contributed by atoms with E-state index in [4.69, 9.17) is 9.84 Å². The zero-order valence-electron chi connectivity index (χ0n) is 22.0. The molecular formula is C29H38N4O3. The van der Waals surface area contributed by atoms with Gasteiger partial charge in [0.25, 0.3) is 0 Å². The molecule has 2 aromatic carbocycles. The molecule has 2 amide bonds. The average molecular weight is 491 g/mol. The maximum Gasteiger partial charge on any atom is 0.245 e. The highest BCUT2D eigenvalue weighted by Gasteiger charge is 2.23. The number of amides is 2. The predicted molar refractivity (Wildman–Crippen MR) is 144 cm³/mol. The van der Waals surface area contributed by atoms with Gasteiger partial charge in [-0.05, 0) is 29.9 Å². The summed E-state index contributed by atoms with van der Waals surface area (Å²) in [5.41, 5.74) is 2.67. The van der Waals surface area contributed by atoms with E-state index >= 15 is 0 Å². The lowest BCUT2D eigenvalue weighted by Crippen LogP contribution is -2.40. The highest BCUT2D eigenvalue weighted by atomic mass is 16.5. The van der Waals surface area contributed by atoms with Crippen LogP contribution in [-0.2, 0) is 14.3 Å². The molecule has 36 heavy (non-hydrogen) atoms. The predicted octanol–water partition coefficient (Wildman–Crippen LogP) is 5.42. The molecule has 1 N–H and O–H groups in total. The van der Waals surface area contributed by atoms with Crippen LogP contribution in [0.3, 0.4) is 0 Å². The fourth-order valence-corrected chi connectivity index (χ4v) is 4.38. The number of hydrogen-bond donors (Lipinski definition) is 1. The van der Waals surface area contributed by atoms with Crippen LogP contribution < -0.4 is 5.32 Å². The SMILES string of the molecule is COCCN(CC(=O)Nc1cc(-c2ccccc2)nn1-c1ccccc1)C(=O)C[C@@H](C)CC(C)(C)C. The number of para-hydroxylation sites is 1. The lowest BCUT2D eigenvalue weighted by molar-refractivity contribution is -0.136. The van der Waals surface area contributed by atoms with Gasteiger partial charge in [0, 0.05) is 31.7 Å². The van der Waals surface area contributed by atoms with Crippen LogP contribution in [0, 0.1) is 11.3 Å². The largest absolute Gasteiger partial charge is 0.383 e. The first-order chi connectivity index (χ1) is 17.2. The Morgan fingerprint density at radius 2 is 1.69 bits per heavy atom. The molecule has 0 fully saturated rings. The Kier molecular flexibility index (Phi) is 9.42. The normalized spacial score (nSPS) is 12.2. The molecule has 3 aromatic rings. The van der Waals surface area contributed by atoms with Crippen molar-refractivity contribution in [2.24, 2.45) is 11.3 Å². The van der Waals surface area contributed by atoms with Gasteiger partial charge in [-0.3, -0.25) is 9.59 Å². The van der Waals surface area contributed by atoms with Crippen molar-refractivity contribution in [1.82, 2.24) is 14.7 Å². The lowest BCUT2D eigenvalue weighted by atomic mass is 9.84. The second kappa shape index (κ2) is 12.5. The maximum absolute atomic E-state index is 13.1. The molecule has 0 saturated carbocycles. The highest BCUT2D eigenvalue weighted by molar-refractivity contribution is 5.94. The van der Waals surface area contributed by atoms with Crippen molar-refractivity contribution >= 4 is 17.6 Å². The van der Waals surface area contributed by atoms with Crippen LogP contribution in [-0.4, -0.2) is 53.3 Å². The summed E-state index contributed by atoms with van der Waals surface area (Å²) in [6.45, 7) is 9.27. The van der Waals surface area contributed by atoms with Gasteiger partial charge in [-0.1, -0.05) is 76.2 Å². The Morgan fingerprint density at radius 3 is 2.31 bits per heavy atom. The third kappa shape index (κ3) is 8.05. The van der Waals surface area contributed by atoms with Gasteiger partial charge < -0.3 is 15.0 Å². The topological polar surface area (TPSA) is 76.5 Å². The van der Waals surface area contributed by atoms with Gasteiger partial charge in [0.1, 0.15) is 5.82 Å². The quantitative estimate of drug-likeness (QED) is 0.390. The number of aromatic nitrogens is 2. The molecule has 1 heterocycles. The molecule has 1 aromatic heterocycles. The van der Waals surface area contributed by atoms with Crippen molar-refractivity contribution in [1.29, 1.82) is 0 Å². The van der Waals surface area contributed by atoms with Crippen LogP contribution in [0.1, 0.15) is 40.5 Å². The number of benzene rings is 2. The fraction of sp³-hybridized carbons (Fsp3) is 0.414. The minimum Gasteiger partial charge on any atom is -0.383 e. The van der Waals surface area contributed by atoms with Gasteiger partial charge in [0.15, 0.2) is 0 Å². The van der Waals surface area contributed by atoms with Crippen molar-refractivity contribution in [3.05, 3.63) is 66.7 Å². The Balaban J connectivity index is 1.78. The zero-order chi connectivity index (χ0) is 26.1. The summed E-state index contributed by atoms with van der Waals surface area (Å²) >= 11 is 0. The Bertz CT molecular complexity index is 1120. The third-order valence-corrected chi connectivity index (χ3v) is 5.78. The molecule has 0 unspecified atom stereocenters. The van der Waals surface area contributed by atoms with Crippen LogP contribution in [0.15, 0.2) is 66.7 Å². The van der Waals surface area contributed by atoms with Gasteiger partial charge >= 0.3 is 0 Å². The summed E-state index contributed by atoms with van der Waals surface area (Å²) in [5.74, 6) is 0.448. The first kappa shape index (κ1) is 27.1. The number of nitrogens with zero attached hydrogens (tertiary/aromatic N) is 3. The summed E-state index contributed by atoms with van der Waals surface area (Å²) in [7, 11) is 1.59. The number of anilines is 1. The van der Waals surface area contributed by atoms with Crippen molar-refractivity contribution in [3.8, 4) is 16.9 Å². The summed E-state index contributed by atoms with van der Waals surface area (Å²) in [6, 6.07) is 21.3. The number of methoxy groups -OCH3 is 1. The number of hydrogen-bond acceptors (Lipinski definition) is 4. The molecule has 3 rings (SSSR count). The van der Waals surface area contributed by atoms with Crippen LogP contribution in [0.5, 0.6) is 0 Å². The number of ether oxygens (including phenoxy) is 1. The van der Waals surface area contributed by atoms with Gasteiger partial charge in [0.05, 0.1) is 24.5 Å². The van der Waals surface area contributed by atoms with Crippen LogP contribution >= 0.6 is 0 Å². The van der Waals surface area contributed by atoms with E-state index < -0.39 is 0 Å². The molecule has 1 atom stereocenters. The van der Waals surface area contributed by atoms with E-state index in [2.05, 4.69) is 33.0 Å². The van der Waals surface area contributed by atoms with E-state index in [0.717, 1.165) is 23.4 Å². The van der Waals surface area contributed by atoms with Crippen LogP contribution in [0.2, 0.25) is 0 Å². The summed E-state index contributed by atoms with van der Waals surface area (Å²) in [6.07, 6.45) is 1.33. The molecule has 0 aliphatic rings. The average Bonchev–Trinajstić information content (AvgIpc) is 3.25. The minimum absolute atomic E-state index is 0.0412. The molecule has 0 bridgehead atoms. The molecule has 7 nitrogen and oxygen atoms in total. The van der Waals surface area contributed by atoms with Crippen molar-refractivity contribution in [2.45, 2.75) is 40.5 Å². The zero-order valence-corrected chi connectivity index (χ0v) is 22.0. The smallest absolute Gasteiger partial charge is 0.245 e. The molecule has 192 valence electrons. The van der Waals surface area contributed by atoms with Gasteiger partial charge in [-0.2, -0.15) is 5.10 Å². The molecular weight excluding hydrogens is 452 g/mol. The number of carbonyl (C=O) groups excluding carboxylic acids is 2. The fourth-order valence-electron chi connectivity index (χ4n) is 4.38. The Hall–Kier alpha value is -3.45. The summed E-state index contributed by atoms with van der Waals surface area (Å²) in [4.78, 5) is 27.8. The molecule has 0 spiro atoms.